The van der Waals surface area contributed by atoms with E-state index in [1.165, 1.54) is 22.7 Å². The number of sulfonamides is 1. The number of piperidine rings is 1. The summed E-state index contributed by atoms with van der Waals surface area (Å²) in [5.74, 6) is 0.929. The normalized spacial score (nSPS) is 21.1. The highest BCUT2D eigenvalue weighted by Crippen LogP contribution is 2.43. The van der Waals surface area contributed by atoms with Crippen molar-refractivity contribution in [3.05, 3.63) is 64.5 Å². The first-order chi connectivity index (χ1) is 19.0. The van der Waals surface area contributed by atoms with Gasteiger partial charge < -0.3 is 19.1 Å². The van der Waals surface area contributed by atoms with Crippen LogP contribution in [0.25, 0.3) is 22.2 Å². The summed E-state index contributed by atoms with van der Waals surface area (Å²) in [7, 11) is -3.28. The average Bonchev–Trinajstić information content (AvgIpc) is 3.59. The smallest absolute Gasteiger partial charge is 0.211 e. The Morgan fingerprint density at radius 1 is 1.07 bits per heavy atom. The summed E-state index contributed by atoms with van der Waals surface area (Å²) in [6, 6.07) is 10.3. The number of aliphatic hydroxyl groups excluding tert-OH is 1. The van der Waals surface area contributed by atoms with Gasteiger partial charge in [0, 0.05) is 30.4 Å². The number of rotatable bonds is 5. The highest BCUT2D eigenvalue weighted by atomic mass is 35.5. The monoisotopic (exact) mass is 587 g/mol. The maximum absolute atomic E-state index is 14.5. The van der Waals surface area contributed by atoms with Gasteiger partial charge in [0.15, 0.2) is 0 Å². The quantitative estimate of drug-likeness (QED) is 0.335. The van der Waals surface area contributed by atoms with E-state index in [4.69, 9.17) is 21.1 Å². The number of imidazole rings is 1. The molecule has 0 bridgehead atoms. The summed E-state index contributed by atoms with van der Waals surface area (Å²) in [6.07, 6.45) is 2.79. The molecule has 0 radical (unpaired) electrons. The standard InChI is InChI=1S/C28H31ClFN5O4S/c1-16-27(17(2)39-32-16)18-4-7-24-23(14-18)31-28(35(24)19-10-12-33(13-11-19)40(3,37)38)25-8-9-26(36)34(25)20-5-6-21(29)22(30)15-20/h4-7,14-15,19,25-26,36H,8-13H2,1-3H3/t25-,26?/m0/s1. The number of aryl methyl sites for hydroxylation is 2. The maximum atomic E-state index is 14.5. The third-order valence-corrected chi connectivity index (χ3v) is 9.76. The van der Waals surface area contributed by atoms with Crippen molar-refractivity contribution < 1.29 is 22.4 Å². The molecule has 0 aliphatic carbocycles. The Bertz CT molecular complexity index is 1680. The first-order valence-corrected chi connectivity index (χ1v) is 15.6. The van der Waals surface area contributed by atoms with Gasteiger partial charge in [-0.3, -0.25) is 0 Å². The lowest BCUT2D eigenvalue weighted by molar-refractivity contribution is 0.182. The van der Waals surface area contributed by atoms with Crippen molar-refractivity contribution in [1.29, 1.82) is 0 Å². The van der Waals surface area contributed by atoms with Crippen LogP contribution < -0.4 is 4.90 Å². The molecule has 2 atom stereocenters. The number of halogens is 2. The molecule has 2 aliphatic heterocycles. The van der Waals surface area contributed by atoms with E-state index < -0.39 is 22.1 Å². The zero-order chi connectivity index (χ0) is 28.3. The Labute approximate surface area is 237 Å². The molecule has 12 heteroatoms. The van der Waals surface area contributed by atoms with Crippen molar-refractivity contribution in [2.75, 3.05) is 24.2 Å². The minimum absolute atomic E-state index is 0.00413. The fourth-order valence-corrected chi connectivity index (χ4v) is 7.25. The van der Waals surface area contributed by atoms with E-state index >= 15 is 0 Å². The fourth-order valence-electron chi connectivity index (χ4n) is 6.26. The molecule has 2 aromatic carbocycles. The van der Waals surface area contributed by atoms with E-state index in [1.807, 2.05) is 32.0 Å². The van der Waals surface area contributed by atoms with E-state index in [0.29, 0.717) is 44.5 Å². The van der Waals surface area contributed by atoms with Gasteiger partial charge in [0.05, 0.1) is 34.0 Å². The first-order valence-electron chi connectivity index (χ1n) is 13.3. The molecule has 4 heterocycles. The van der Waals surface area contributed by atoms with Crippen molar-refractivity contribution in [2.45, 2.75) is 57.8 Å². The van der Waals surface area contributed by atoms with Gasteiger partial charge in [-0.05, 0) is 75.4 Å². The SMILES string of the molecule is Cc1noc(C)c1-c1ccc2c(c1)nc([C@@H]1CCC(O)N1c1ccc(Cl)c(F)c1)n2C1CCN(S(C)(=O)=O)CC1. The van der Waals surface area contributed by atoms with Gasteiger partial charge in [-0.1, -0.05) is 22.8 Å². The van der Waals surface area contributed by atoms with Crippen molar-refractivity contribution in [3.63, 3.8) is 0 Å². The molecule has 0 saturated carbocycles. The van der Waals surface area contributed by atoms with Crippen LogP contribution in [-0.4, -0.2) is 58.1 Å². The number of fused-ring (bicyclic) bond motifs is 1. The molecule has 2 aromatic heterocycles. The lowest BCUT2D eigenvalue weighted by Gasteiger charge is -2.35. The number of hydrogen-bond acceptors (Lipinski definition) is 7. The van der Waals surface area contributed by atoms with Crippen LogP contribution in [0.5, 0.6) is 0 Å². The molecule has 212 valence electrons. The topological polar surface area (TPSA) is 105 Å². The molecule has 1 unspecified atom stereocenters. The minimum Gasteiger partial charge on any atom is -0.374 e. The molecule has 4 aromatic rings. The fraction of sp³-hybridized carbons (Fsp3) is 0.429. The molecule has 6 rings (SSSR count). The first kappa shape index (κ1) is 27.2. The minimum atomic E-state index is -3.28. The molecule has 2 fully saturated rings. The van der Waals surface area contributed by atoms with E-state index in [-0.39, 0.29) is 17.1 Å². The largest absolute Gasteiger partial charge is 0.374 e. The third-order valence-electron chi connectivity index (χ3n) is 8.15. The lowest BCUT2D eigenvalue weighted by atomic mass is 10.0. The number of nitrogens with zero attached hydrogens (tertiary/aromatic N) is 5. The van der Waals surface area contributed by atoms with Gasteiger partial charge in [-0.2, -0.15) is 0 Å². The maximum Gasteiger partial charge on any atom is 0.211 e. The Morgan fingerprint density at radius 2 is 1.82 bits per heavy atom. The van der Waals surface area contributed by atoms with Crippen LogP contribution in [0.15, 0.2) is 40.9 Å². The summed E-state index contributed by atoms with van der Waals surface area (Å²) in [6.45, 7) is 4.61. The zero-order valence-electron chi connectivity index (χ0n) is 22.5. The molecular formula is C28H31ClFN5O4S. The van der Waals surface area contributed by atoms with Crippen LogP contribution >= 0.6 is 11.6 Å². The highest BCUT2D eigenvalue weighted by Gasteiger charge is 2.39. The zero-order valence-corrected chi connectivity index (χ0v) is 24.1. The van der Waals surface area contributed by atoms with Crippen molar-refractivity contribution in [1.82, 2.24) is 19.0 Å². The molecule has 0 amide bonds. The Kier molecular flexibility index (Phi) is 6.89. The molecule has 9 nitrogen and oxygen atoms in total. The number of benzene rings is 2. The molecule has 2 saturated heterocycles. The van der Waals surface area contributed by atoms with Crippen molar-refractivity contribution in [2.24, 2.45) is 0 Å². The second-order valence-electron chi connectivity index (χ2n) is 10.7. The van der Waals surface area contributed by atoms with Gasteiger partial charge >= 0.3 is 0 Å². The van der Waals surface area contributed by atoms with E-state index in [2.05, 4.69) is 9.72 Å². The summed E-state index contributed by atoms with van der Waals surface area (Å²) in [5, 5.41) is 15.1. The van der Waals surface area contributed by atoms with E-state index in [0.717, 1.165) is 39.4 Å². The molecule has 2 aliphatic rings. The Hall–Kier alpha value is -2.99. The second kappa shape index (κ2) is 10.1. The molecule has 0 spiro atoms. The third kappa shape index (κ3) is 4.68. The van der Waals surface area contributed by atoms with Crippen LogP contribution in [0.3, 0.4) is 0 Å². The Balaban J connectivity index is 1.47. The lowest BCUT2D eigenvalue weighted by Crippen LogP contribution is -2.39. The van der Waals surface area contributed by atoms with Gasteiger partial charge in [0.1, 0.15) is 23.6 Å². The van der Waals surface area contributed by atoms with Crippen LogP contribution in [-0.2, 0) is 10.0 Å². The average molecular weight is 588 g/mol. The summed E-state index contributed by atoms with van der Waals surface area (Å²) < 4.78 is 47.9. The number of hydrogen-bond donors (Lipinski definition) is 1. The molecule has 1 N–H and O–H groups in total. The van der Waals surface area contributed by atoms with Gasteiger partial charge in [-0.15, -0.1) is 0 Å². The van der Waals surface area contributed by atoms with Crippen LogP contribution in [0, 0.1) is 19.7 Å². The predicted molar refractivity (Wildman–Crippen MR) is 151 cm³/mol. The summed E-state index contributed by atoms with van der Waals surface area (Å²) in [4.78, 5) is 6.93. The van der Waals surface area contributed by atoms with Crippen LogP contribution in [0.4, 0.5) is 10.1 Å². The number of anilines is 1. The van der Waals surface area contributed by atoms with Gasteiger partial charge in [-0.25, -0.2) is 22.1 Å². The predicted octanol–water partition coefficient (Wildman–Crippen LogP) is 5.36. The number of aromatic nitrogens is 3. The second-order valence-corrected chi connectivity index (χ2v) is 13.1. The van der Waals surface area contributed by atoms with E-state index in [1.54, 1.807) is 11.0 Å². The van der Waals surface area contributed by atoms with Crippen LogP contribution in [0.1, 0.15) is 55.0 Å². The molecule has 40 heavy (non-hydrogen) atoms. The Morgan fingerprint density at radius 3 is 2.48 bits per heavy atom. The van der Waals surface area contributed by atoms with Gasteiger partial charge in [0.2, 0.25) is 10.0 Å². The van der Waals surface area contributed by atoms with E-state index in [9.17, 15) is 17.9 Å². The summed E-state index contributed by atoms with van der Waals surface area (Å²) in [5.41, 5.74) is 4.89. The van der Waals surface area contributed by atoms with Crippen LogP contribution in [0.2, 0.25) is 5.02 Å². The molecular weight excluding hydrogens is 557 g/mol. The highest BCUT2D eigenvalue weighted by molar-refractivity contribution is 7.88. The van der Waals surface area contributed by atoms with Crippen molar-refractivity contribution >= 4 is 38.3 Å². The van der Waals surface area contributed by atoms with Gasteiger partial charge in [0.25, 0.3) is 0 Å². The van der Waals surface area contributed by atoms with Crippen molar-refractivity contribution in [3.8, 4) is 11.1 Å². The summed E-state index contributed by atoms with van der Waals surface area (Å²) >= 11 is 5.95. The number of aliphatic hydroxyl groups is 1.